The molecular formula is C18H19F3N2O5S. The molecule has 2 rings (SSSR count). The van der Waals surface area contributed by atoms with Crippen LogP contribution < -0.4 is 19.5 Å². The lowest BCUT2D eigenvalue weighted by Crippen LogP contribution is -2.28. The SMILES string of the molecule is COc1ccc(S(=O)(=O)NCCC(=O)Nc2cccc(C(F)(F)F)c2)cc1OC. The first-order chi connectivity index (χ1) is 13.6. The van der Waals surface area contributed by atoms with E-state index < -0.39 is 27.7 Å². The number of nitrogens with one attached hydrogen (secondary N) is 2. The van der Waals surface area contributed by atoms with Gasteiger partial charge in [-0.1, -0.05) is 6.07 Å². The highest BCUT2D eigenvalue weighted by molar-refractivity contribution is 7.89. The predicted molar refractivity (Wildman–Crippen MR) is 99.4 cm³/mol. The Balaban J connectivity index is 1.96. The summed E-state index contributed by atoms with van der Waals surface area (Å²) in [5, 5.41) is 2.30. The van der Waals surface area contributed by atoms with Crippen LogP contribution in [-0.4, -0.2) is 35.1 Å². The standard InChI is InChI=1S/C18H19F3N2O5S/c1-27-15-7-6-14(11-16(15)28-2)29(25,26)22-9-8-17(24)23-13-5-3-4-12(10-13)18(19,20)21/h3-7,10-11,22H,8-9H2,1-2H3,(H,23,24). The summed E-state index contributed by atoms with van der Waals surface area (Å²) in [7, 11) is -1.16. The van der Waals surface area contributed by atoms with Gasteiger partial charge in [-0.15, -0.1) is 0 Å². The number of carbonyl (C=O) groups is 1. The third-order valence-electron chi connectivity index (χ3n) is 3.78. The van der Waals surface area contributed by atoms with Crippen LogP contribution in [0.3, 0.4) is 0 Å². The van der Waals surface area contributed by atoms with Gasteiger partial charge in [0.1, 0.15) is 0 Å². The molecule has 11 heteroatoms. The molecule has 158 valence electrons. The van der Waals surface area contributed by atoms with Crippen LogP contribution in [0.1, 0.15) is 12.0 Å². The maximum Gasteiger partial charge on any atom is 0.416 e. The van der Waals surface area contributed by atoms with E-state index in [0.717, 1.165) is 18.2 Å². The summed E-state index contributed by atoms with van der Waals surface area (Å²) in [5.41, 5.74) is -0.933. The van der Waals surface area contributed by atoms with Crippen LogP contribution in [-0.2, 0) is 21.0 Å². The molecule has 7 nitrogen and oxygen atoms in total. The van der Waals surface area contributed by atoms with Crippen LogP contribution in [0.2, 0.25) is 0 Å². The molecule has 1 amide bonds. The van der Waals surface area contributed by atoms with Crippen molar-refractivity contribution in [1.82, 2.24) is 4.72 Å². The van der Waals surface area contributed by atoms with Gasteiger partial charge in [-0.05, 0) is 30.3 Å². The Morgan fingerprint density at radius 2 is 1.72 bits per heavy atom. The lowest BCUT2D eigenvalue weighted by atomic mass is 10.2. The second-order valence-electron chi connectivity index (χ2n) is 5.79. The monoisotopic (exact) mass is 432 g/mol. The molecule has 0 aromatic heterocycles. The predicted octanol–water partition coefficient (Wildman–Crippen LogP) is 3.03. The minimum absolute atomic E-state index is 0.0347. The van der Waals surface area contributed by atoms with E-state index in [0.29, 0.717) is 5.75 Å². The molecule has 2 aromatic rings. The van der Waals surface area contributed by atoms with Crippen molar-refractivity contribution in [3.63, 3.8) is 0 Å². The molecule has 0 aliphatic carbocycles. The Hall–Kier alpha value is -2.79. The summed E-state index contributed by atoms with van der Waals surface area (Å²) in [6.07, 6.45) is -4.81. The van der Waals surface area contributed by atoms with Crippen molar-refractivity contribution in [3.05, 3.63) is 48.0 Å². The quantitative estimate of drug-likeness (QED) is 0.669. The van der Waals surface area contributed by atoms with Crippen molar-refractivity contribution >= 4 is 21.6 Å². The summed E-state index contributed by atoms with van der Waals surface area (Å²) in [5.74, 6) is -0.0658. The van der Waals surface area contributed by atoms with Crippen molar-refractivity contribution in [2.45, 2.75) is 17.5 Å². The fourth-order valence-electron chi connectivity index (χ4n) is 2.36. The third kappa shape index (κ3) is 6.09. The largest absolute Gasteiger partial charge is 0.493 e. The maximum atomic E-state index is 12.7. The number of hydrogen-bond donors (Lipinski definition) is 2. The van der Waals surface area contributed by atoms with Gasteiger partial charge in [-0.2, -0.15) is 13.2 Å². The lowest BCUT2D eigenvalue weighted by Gasteiger charge is -2.11. The van der Waals surface area contributed by atoms with E-state index in [9.17, 15) is 26.4 Å². The highest BCUT2D eigenvalue weighted by atomic mass is 32.2. The van der Waals surface area contributed by atoms with E-state index in [-0.39, 0.29) is 29.3 Å². The Labute approximate surface area is 165 Å². The van der Waals surface area contributed by atoms with Gasteiger partial charge in [0.25, 0.3) is 0 Å². The highest BCUT2D eigenvalue weighted by Crippen LogP contribution is 2.31. The average molecular weight is 432 g/mol. The molecule has 0 heterocycles. The summed E-state index contributed by atoms with van der Waals surface area (Å²) < 4.78 is 75.1. The van der Waals surface area contributed by atoms with E-state index in [1.165, 1.54) is 38.5 Å². The molecule has 2 aromatic carbocycles. The number of rotatable bonds is 8. The van der Waals surface area contributed by atoms with Gasteiger partial charge in [-0.3, -0.25) is 4.79 Å². The number of carbonyl (C=O) groups excluding carboxylic acids is 1. The summed E-state index contributed by atoms with van der Waals surface area (Å²) in [6.45, 7) is -0.249. The van der Waals surface area contributed by atoms with Crippen LogP contribution >= 0.6 is 0 Å². The minimum Gasteiger partial charge on any atom is -0.493 e. The van der Waals surface area contributed by atoms with E-state index >= 15 is 0 Å². The number of halogens is 3. The molecular weight excluding hydrogens is 413 g/mol. The first kappa shape index (κ1) is 22.5. The molecule has 29 heavy (non-hydrogen) atoms. The number of ether oxygens (including phenoxy) is 2. The second kappa shape index (κ2) is 9.14. The number of hydrogen-bond acceptors (Lipinski definition) is 5. The molecule has 0 aliphatic heterocycles. The van der Waals surface area contributed by atoms with Gasteiger partial charge in [0.05, 0.1) is 24.7 Å². The second-order valence-corrected chi connectivity index (χ2v) is 7.56. The maximum absolute atomic E-state index is 12.7. The van der Waals surface area contributed by atoms with Gasteiger partial charge in [0.15, 0.2) is 11.5 Å². The average Bonchev–Trinajstić information content (AvgIpc) is 2.66. The van der Waals surface area contributed by atoms with Crippen molar-refractivity contribution < 1.29 is 35.9 Å². The first-order valence-electron chi connectivity index (χ1n) is 8.25. The number of methoxy groups -OCH3 is 2. The van der Waals surface area contributed by atoms with Gasteiger partial charge < -0.3 is 14.8 Å². The highest BCUT2D eigenvalue weighted by Gasteiger charge is 2.30. The van der Waals surface area contributed by atoms with Crippen LogP contribution in [0.4, 0.5) is 18.9 Å². The lowest BCUT2D eigenvalue weighted by molar-refractivity contribution is -0.137. The van der Waals surface area contributed by atoms with Gasteiger partial charge >= 0.3 is 6.18 Å². The zero-order chi connectivity index (χ0) is 21.7. The fourth-order valence-corrected chi connectivity index (χ4v) is 3.41. The molecule has 0 unspecified atom stereocenters. The molecule has 0 fully saturated rings. The van der Waals surface area contributed by atoms with Crippen molar-refractivity contribution in [2.24, 2.45) is 0 Å². The third-order valence-corrected chi connectivity index (χ3v) is 5.24. The zero-order valence-corrected chi connectivity index (χ0v) is 16.4. The van der Waals surface area contributed by atoms with E-state index in [2.05, 4.69) is 10.0 Å². The van der Waals surface area contributed by atoms with Crippen molar-refractivity contribution in [3.8, 4) is 11.5 Å². The number of anilines is 1. The normalized spacial score (nSPS) is 11.8. The van der Waals surface area contributed by atoms with Gasteiger partial charge in [0.2, 0.25) is 15.9 Å². The molecule has 0 atom stereocenters. The number of alkyl halides is 3. The molecule has 0 saturated carbocycles. The molecule has 0 spiro atoms. The smallest absolute Gasteiger partial charge is 0.416 e. The summed E-state index contributed by atoms with van der Waals surface area (Å²) >= 11 is 0. The molecule has 0 saturated heterocycles. The Bertz CT molecular complexity index is 978. The van der Waals surface area contributed by atoms with Crippen LogP contribution in [0.15, 0.2) is 47.4 Å². The van der Waals surface area contributed by atoms with E-state index in [1.54, 1.807) is 0 Å². The summed E-state index contributed by atoms with van der Waals surface area (Å²) in [4.78, 5) is 11.8. The number of benzene rings is 2. The Morgan fingerprint density at radius 1 is 1.03 bits per heavy atom. The fraction of sp³-hybridized carbons (Fsp3) is 0.278. The Kier molecular flexibility index (Phi) is 7.09. The van der Waals surface area contributed by atoms with E-state index in [1.807, 2.05) is 0 Å². The van der Waals surface area contributed by atoms with Crippen LogP contribution in [0, 0.1) is 0 Å². The number of sulfonamides is 1. The number of amides is 1. The molecule has 0 aliphatic rings. The topological polar surface area (TPSA) is 93.7 Å². The molecule has 0 bridgehead atoms. The van der Waals surface area contributed by atoms with Gasteiger partial charge in [0, 0.05) is 24.7 Å². The summed E-state index contributed by atoms with van der Waals surface area (Å²) in [6, 6.07) is 8.15. The van der Waals surface area contributed by atoms with E-state index in [4.69, 9.17) is 9.47 Å². The van der Waals surface area contributed by atoms with Crippen LogP contribution in [0.5, 0.6) is 11.5 Å². The zero-order valence-electron chi connectivity index (χ0n) is 15.5. The Morgan fingerprint density at radius 3 is 2.34 bits per heavy atom. The van der Waals surface area contributed by atoms with Gasteiger partial charge in [-0.25, -0.2) is 13.1 Å². The van der Waals surface area contributed by atoms with Crippen molar-refractivity contribution in [1.29, 1.82) is 0 Å². The molecule has 0 radical (unpaired) electrons. The minimum atomic E-state index is -4.53. The molecule has 2 N–H and O–H groups in total. The van der Waals surface area contributed by atoms with Crippen molar-refractivity contribution in [2.75, 3.05) is 26.1 Å². The first-order valence-corrected chi connectivity index (χ1v) is 9.74. The van der Waals surface area contributed by atoms with Crippen LogP contribution in [0.25, 0.3) is 0 Å².